The number of anilines is 1. The van der Waals surface area contributed by atoms with Gasteiger partial charge in [-0.25, -0.2) is 4.39 Å². The Kier molecular flexibility index (Phi) is 3.51. The molecule has 0 amide bonds. The van der Waals surface area contributed by atoms with Gasteiger partial charge in [-0.05, 0) is 36.2 Å². The Morgan fingerprint density at radius 1 is 1.10 bits per heavy atom. The SMILES string of the molecule is Cc1ccc(-c2[nH]nc(N)c2-c2ccc(F)cc2)cc1Br. The molecule has 5 heteroatoms. The number of nitrogen functional groups attached to an aromatic ring is 1. The third kappa shape index (κ3) is 2.56. The second kappa shape index (κ2) is 5.33. The van der Waals surface area contributed by atoms with Crippen LogP contribution in [0.15, 0.2) is 46.9 Å². The third-order valence-electron chi connectivity index (χ3n) is 3.39. The molecule has 0 spiro atoms. The molecule has 2 aromatic carbocycles. The van der Waals surface area contributed by atoms with Crippen molar-refractivity contribution >= 4 is 21.7 Å². The summed E-state index contributed by atoms with van der Waals surface area (Å²) in [5, 5.41) is 7.05. The van der Waals surface area contributed by atoms with E-state index in [0.717, 1.165) is 32.4 Å². The van der Waals surface area contributed by atoms with Gasteiger partial charge in [-0.2, -0.15) is 5.10 Å². The lowest BCUT2D eigenvalue weighted by molar-refractivity contribution is 0.628. The van der Waals surface area contributed by atoms with Crippen molar-refractivity contribution in [1.82, 2.24) is 10.2 Å². The molecule has 3 aromatic rings. The Bertz CT molecular complexity index is 794. The Balaban J connectivity index is 2.16. The predicted octanol–water partition coefficient (Wildman–Crippen LogP) is 4.54. The summed E-state index contributed by atoms with van der Waals surface area (Å²) in [6.07, 6.45) is 0. The molecule has 1 heterocycles. The minimum atomic E-state index is -0.277. The lowest BCUT2D eigenvalue weighted by atomic mass is 10.0. The molecule has 0 unspecified atom stereocenters. The largest absolute Gasteiger partial charge is 0.382 e. The molecular formula is C16H13BrFN3. The zero-order valence-corrected chi connectivity index (χ0v) is 12.9. The molecule has 0 aliphatic carbocycles. The van der Waals surface area contributed by atoms with Crippen LogP contribution < -0.4 is 5.73 Å². The maximum atomic E-state index is 13.1. The zero-order valence-electron chi connectivity index (χ0n) is 11.3. The number of hydrogen-bond acceptors (Lipinski definition) is 2. The Morgan fingerprint density at radius 3 is 2.43 bits per heavy atom. The van der Waals surface area contributed by atoms with Crippen LogP contribution in [0.25, 0.3) is 22.4 Å². The van der Waals surface area contributed by atoms with Crippen LogP contribution in [0.3, 0.4) is 0 Å². The van der Waals surface area contributed by atoms with Gasteiger partial charge in [0.15, 0.2) is 5.82 Å². The van der Waals surface area contributed by atoms with Crippen LogP contribution in [0.4, 0.5) is 10.2 Å². The van der Waals surface area contributed by atoms with Gasteiger partial charge in [-0.15, -0.1) is 0 Å². The van der Waals surface area contributed by atoms with E-state index in [2.05, 4.69) is 26.1 Å². The Morgan fingerprint density at radius 2 is 1.76 bits per heavy atom. The standard InChI is InChI=1S/C16H13BrFN3/c1-9-2-3-11(8-13(9)17)15-14(16(19)21-20-15)10-4-6-12(18)7-5-10/h2-8H,1H3,(H3,19,20,21). The Hall–Kier alpha value is -2.14. The van der Waals surface area contributed by atoms with Crippen molar-refractivity contribution < 1.29 is 4.39 Å². The first-order chi connectivity index (χ1) is 10.1. The first-order valence-electron chi connectivity index (χ1n) is 6.42. The van der Waals surface area contributed by atoms with Gasteiger partial charge in [0.05, 0.1) is 11.3 Å². The van der Waals surface area contributed by atoms with E-state index in [1.54, 1.807) is 12.1 Å². The number of benzene rings is 2. The van der Waals surface area contributed by atoms with E-state index in [0.29, 0.717) is 5.82 Å². The molecule has 0 fully saturated rings. The summed E-state index contributed by atoms with van der Waals surface area (Å²) in [6.45, 7) is 2.02. The predicted molar refractivity (Wildman–Crippen MR) is 86.3 cm³/mol. The van der Waals surface area contributed by atoms with Crippen LogP contribution >= 0.6 is 15.9 Å². The molecule has 0 aliphatic heterocycles. The van der Waals surface area contributed by atoms with Gasteiger partial charge in [0.25, 0.3) is 0 Å². The van der Waals surface area contributed by atoms with Gasteiger partial charge in [0.1, 0.15) is 5.82 Å². The maximum absolute atomic E-state index is 13.1. The van der Waals surface area contributed by atoms with E-state index in [1.165, 1.54) is 12.1 Å². The lowest BCUT2D eigenvalue weighted by Crippen LogP contribution is -1.89. The van der Waals surface area contributed by atoms with Gasteiger partial charge >= 0.3 is 0 Å². The fraction of sp³-hybridized carbons (Fsp3) is 0.0625. The smallest absolute Gasteiger partial charge is 0.153 e. The number of nitrogens with zero attached hydrogens (tertiary/aromatic N) is 1. The van der Waals surface area contributed by atoms with Crippen LogP contribution in [-0.2, 0) is 0 Å². The van der Waals surface area contributed by atoms with E-state index >= 15 is 0 Å². The van der Waals surface area contributed by atoms with Gasteiger partial charge < -0.3 is 5.73 Å². The lowest BCUT2D eigenvalue weighted by Gasteiger charge is -2.06. The van der Waals surface area contributed by atoms with Crippen LogP contribution in [0.5, 0.6) is 0 Å². The summed E-state index contributed by atoms with van der Waals surface area (Å²) in [5.41, 5.74) is 10.5. The highest BCUT2D eigenvalue weighted by molar-refractivity contribution is 9.10. The summed E-state index contributed by atoms with van der Waals surface area (Å²) in [7, 11) is 0. The van der Waals surface area contributed by atoms with Crippen molar-refractivity contribution in [2.45, 2.75) is 6.92 Å². The summed E-state index contributed by atoms with van der Waals surface area (Å²) >= 11 is 3.53. The first-order valence-corrected chi connectivity index (χ1v) is 7.22. The number of nitrogens with two attached hydrogens (primary N) is 1. The second-order valence-corrected chi connectivity index (χ2v) is 5.68. The van der Waals surface area contributed by atoms with Crippen molar-refractivity contribution in [1.29, 1.82) is 0 Å². The molecule has 0 saturated carbocycles. The average molecular weight is 346 g/mol. The monoisotopic (exact) mass is 345 g/mol. The van der Waals surface area contributed by atoms with E-state index in [4.69, 9.17) is 5.73 Å². The summed E-state index contributed by atoms with van der Waals surface area (Å²) in [6, 6.07) is 12.3. The van der Waals surface area contributed by atoms with Crippen molar-refractivity contribution in [2.75, 3.05) is 5.73 Å². The number of H-pyrrole nitrogens is 1. The van der Waals surface area contributed by atoms with Gasteiger partial charge in [-0.3, -0.25) is 5.10 Å². The molecular weight excluding hydrogens is 333 g/mol. The van der Waals surface area contributed by atoms with Gasteiger partial charge in [-0.1, -0.05) is 40.2 Å². The molecule has 0 radical (unpaired) electrons. The normalized spacial score (nSPS) is 10.8. The first kappa shape index (κ1) is 13.8. The summed E-state index contributed by atoms with van der Waals surface area (Å²) < 4.78 is 14.1. The highest BCUT2D eigenvalue weighted by atomic mass is 79.9. The highest BCUT2D eigenvalue weighted by Gasteiger charge is 2.15. The van der Waals surface area contributed by atoms with Crippen LogP contribution in [0, 0.1) is 12.7 Å². The minimum Gasteiger partial charge on any atom is -0.382 e. The van der Waals surface area contributed by atoms with Crippen LogP contribution in [0.2, 0.25) is 0 Å². The number of hydrogen-bond donors (Lipinski definition) is 2. The van der Waals surface area contributed by atoms with Crippen molar-refractivity contribution in [3.63, 3.8) is 0 Å². The molecule has 21 heavy (non-hydrogen) atoms. The molecule has 3 nitrogen and oxygen atoms in total. The highest BCUT2D eigenvalue weighted by Crippen LogP contribution is 2.36. The van der Waals surface area contributed by atoms with E-state index in [-0.39, 0.29) is 5.82 Å². The topological polar surface area (TPSA) is 54.7 Å². The van der Waals surface area contributed by atoms with Gasteiger partial charge in [0.2, 0.25) is 0 Å². The van der Waals surface area contributed by atoms with Crippen LogP contribution in [0.1, 0.15) is 5.56 Å². The molecule has 0 aliphatic rings. The van der Waals surface area contributed by atoms with E-state index in [9.17, 15) is 4.39 Å². The van der Waals surface area contributed by atoms with Crippen LogP contribution in [-0.4, -0.2) is 10.2 Å². The summed E-state index contributed by atoms with van der Waals surface area (Å²) in [5.74, 6) is 0.119. The quantitative estimate of drug-likeness (QED) is 0.716. The van der Waals surface area contributed by atoms with Gasteiger partial charge in [0, 0.05) is 10.0 Å². The molecule has 1 aromatic heterocycles. The second-order valence-electron chi connectivity index (χ2n) is 4.83. The molecule has 0 saturated heterocycles. The summed E-state index contributed by atoms with van der Waals surface area (Å²) in [4.78, 5) is 0. The maximum Gasteiger partial charge on any atom is 0.153 e. The molecule has 0 bridgehead atoms. The third-order valence-corrected chi connectivity index (χ3v) is 4.24. The van der Waals surface area contributed by atoms with E-state index < -0.39 is 0 Å². The number of rotatable bonds is 2. The average Bonchev–Trinajstić information content (AvgIpc) is 2.85. The van der Waals surface area contributed by atoms with Crippen molar-refractivity contribution in [3.05, 3.63) is 58.3 Å². The Labute approximate surface area is 130 Å². The number of aromatic amines is 1. The fourth-order valence-electron chi connectivity index (χ4n) is 2.22. The molecule has 0 atom stereocenters. The zero-order chi connectivity index (χ0) is 15.0. The number of aryl methyl sites for hydroxylation is 1. The fourth-order valence-corrected chi connectivity index (χ4v) is 2.60. The molecule has 3 N–H and O–H groups in total. The number of aromatic nitrogens is 2. The van der Waals surface area contributed by atoms with Crippen molar-refractivity contribution in [3.8, 4) is 22.4 Å². The van der Waals surface area contributed by atoms with E-state index in [1.807, 2.05) is 25.1 Å². The number of nitrogens with one attached hydrogen (secondary N) is 1. The van der Waals surface area contributed by atoms with Crippen molar-refractivity contribution in [2.24, 2.45) is 0 Å². The molecule has 106 valence electrons. The molecule has 3 rings (SSSR count). The number of halogens is 2. The minimum absolute atomic E-state index is 0.277.